The van der Waals surface area contributed by atoms with E-state index in [2.05, 4.69) is 72.9 Å². The van der Waals surface area contributed by atoms with Crippen molar-refractivity contribution in [1.82, 2.24) is 16.0 Å². The molecule has 1 unspecified atom stereocenters. The number of benzene rings is 1. The first kappa shape index (κ1) is 62.5. The summed E-state index contributed by atoms with van der Waals surface area (Å²) in [5.41, 5.74) is 1.04. The fourth-order valence-corrected chi connectivity index (χ4v) is 8.71. The quantitative estimate of drug-likeness (QED) is 0.0343. The summed E-state index contributed by atoms with van der Waals surface area (Å²) >= 11 is 0. The molecule has 0 heterocycles. The Hall–Kier alpha value is -3.55. The normalized spacial score (nSPS) is 12.5. The summed E-state index contributed by atoms with van der Waals surface area (Å²) in [6.07, 6.45) is 47.6. The number of unbranched alkanes of at least 4 members (excludes halogenated alkanes) is 23. The highest BCUT2D eigenvalue weighted by atomic mass is 16.2. The minimum atomic E-state index is -0.730. The Labute approximate surface area is 418 Å². The van der Waals surface area contributed by atoms with E-state index in [9.17, 15) is 19.2 Å². The molecule has 1 aromatic carbocycles. The standard InChI is InChI=1S/C60H104N4O4/c1-7-9-11-13-15-17-19-21-23-25-27-29-31-33-35-40-55(65)49-60(5,6)50-56(64-57(66)41-36-34-32-30-28-26-24-22-20-18-16-14-12-10-8-2)59(68)63-48-47-61-51-53-42-44-54(45-43-53)58(67)62-46-38-37-39-52(3)4/h21-24,42-45,51-52,56H,7-20,25-41,46-50H2,1-6H3,(H,62,67)(H,63,68)(H,64,66). The number of aliphatic imine (C=N–C) groups is 1. The van der Waals surface area contributed by atoms with E-state index in [-0.39, 0.29) is 23.5 Å². The van der Waals surface area contributed by atoms with E-state index in [1.165, 1.54) is 116 Å². The lowest BCUT2D eigenvalue weighted by molar-refractivity contribution is -0.130. The molecule has 0 saturated carbocycles. The van der Waals surface area contributed by atoms with Gasteiger partial charge in [0.1, 0.15) is 11.8 Å². The summed E-state index contributed by atoms with van der Waals surface area (Å²) in [7, 11) is 0. The van der Waals surface area contributed by atoms with E-state index < -0.39 is 11.5 Å². The summed E-state index contributed by atoms with van der Waals surface area (Å²) < 4.78 is 0. The second-order valence-electron chi connectivity index (χ2n) is 21.0. The van der Waals surface area contributed by atoms with E-state index in [4.69, 9.17) is 0 Å². The predicted molar refractivity (Wildman–Crippen MR) is 292 cm³/mol. The van der Waals surface area contributed by atoms with Crippen LogP contribution in [-0.2, 0) is 14.4 Å². The van der Waals surface area contributed by atoms with Gasteiger partial charge in [-0.05, 0) is 106 Å². The van der Waals surface area contributed by atoms with Crippen molar-refractivity contribution in [2.24, 2.45) is 16.3 Å². The first-order valence-electron chi connectivity index (χ1n) is 28.2. The van der Waals surface area contributed by atoms with Gasteiger partial charge in [0.2, 0.25) is 11.8 Å². The van der Waals surface area contributed by atoms with E-state index in [0.29, 0.717) is 56.8 Å². The van der Waals surface area contributed by atoms with Crippen LogP contribution >= 0.6 is 0 Å². The smallest absolute Gasteiger partial charge is 0.251 e. The number of nitrogens with one attached hydrogen (secondary N) is 3. The Morgan fingerprint density at radius 2 is 1.06 bits per heavy atom. The Morgan fingerprint density at radius 1 is 0.574 bits per heavy atom. The SMILES string of the molecule is CCCCCCCCC=CCCCCCCCC(=O)CC(C)(C)CC(NC(=O)CCCCCCCC=CCCCCCCCC)C(=O)NCCN=Cc1ccc(C(=O)NCCCCC(C)C)cc1. The number of rotatable bonds is 46. The number of hydrogen-bond donors (Lipinski definition) is 3. The van der Waals surface area contributed by atoms with Gasteiger partial charge in [-0.25, -0.2) is 0 Å². The number of carbonyl (C=O) groups excluding carboxylic acids is 4. The maximum absolute atomic E-state index is 13.6. The van der Waals surface area contributed by atoms with Gasteiger partial charge in [0.15, 0.2) is 0 Å². The maximum Gasteiger partial charge on any atom is 0.251 e. The number of allylic oxidation sites excluding steroid dienone is 4. The monoisotopic (exact) mass is 945 g/mol. The van der Waals surface area contributed by atoms with Gasteiger partial charge in [0, 0.05) is 44.1 Å². The van der Waals surface area contributed by atoms with Crippen LogP contribution in [0.25, 0.3) is 0 Å². The van der Waals surface area contributed by atoms with Crippen LogP contribution in [0.5, 0.6) is 0 Å². The first-order valence-corrected chi connectivity index (χ1v) is 28.2. The van der Waals surface area contributed by atoms with Crippen molar-refractivity contribution in [2.45, 2.75) is 259 Å². The van der Waals surface area contributed by atoms with Crippen molar-refractivity contribution in [3.8, 4) is 0 Å². The van der Waals surface area contributed by atoms with Gasteiger partial charge < -0.3 is 16.0 Å². The Bertz CT molecular complexity index is 1500. The zero-order chi connectivity index (χ0) is 49.8. The highest BCUT2D eigenvalue weighted by Crippen LogP contribution is 2.29. The number of Topliss-reactive ketones (excluding diaryl/α,β-unsaturated/α-hetero) is 1. The molecule has 8 heteroatoms. The molecule has 68 heavy (non-hydrogen) atoms. The average Bonchev–Trinajstić information content (AvgIpc) is 3.30. The summed E-state index contributed by atoms with van der Waals surface area (Å²) in [5.74, 6) is 0.484. The average molecular weight is 946 g/mol. The maximum atomic E-state index is 13.6. The predicted octanol–water partition coefficient (Wildman–Crippen LogP) is 15.7. The van der Waals surface area contributed by atoms with Crippen molar-refractivity contribution in [3.05, 3.63) is 59.7 Å². The highest BCUT2D eigenvalue weighted by molar-refractivity contribution is 5.95. The second kappa shape index (κ2) is 43.5. The summed E-state index contributed by atoms with van der Waals surface area (Å²) in [6, 6.07) is 6.63. The van der Waals surface area contributed by atoms with Gasteiger partial charge in [0.05, 0.1) is 6.54 Å². The van der Waals surface area contributed by atoms with Gasteiger partial charge in [-0.3, -0.25) is 24.2 Å². The zero-order valence-electron chi connectivity index (χ0n) is 44.9. The number of hydrogen-bond acceptors (Lipinski definition) is 5. The molecular weight excluding hydrogens is 841 g/mol. The fraction of sp³-hybridized carbons (Fsp3) is 0.750. The topological polar surface area (TPSA) is 117 Å². The number of amides is 3. The van der Waals surface area contributed by atoms with E-state index >= 15 is 0 Å². The van der Waals surface area contributed by atoms with Gasteiger partial charge >= 0.3 is 0 Å². The molecule has 0 saturated heterocycles. The lowest BCUT2D eigenvalue weighted by atomic mass is 9.80. The zero-order valence-corrected chi connectivity index (χ0v) is 44.9. The molecule has 0 radical (unpaired) electrons. The van der Waals surface area contributed by atoms with E-state index in [1.807, 2.05) is 38.1 Å². The van der Waals surface area contributed by atoms with Crippen LogP contribution in [0.4, 0.5) is 0 Å². The fourth-order valence-electron chi connectivity index (χ4n) is 8.71. The lowest BCUT2D eigenvalue weighted by Crippen LogP contribution is -2.49. The molecule has 0 aliphatic heterocycles. The Kier molecular flexibility index (Phi) is 39.9. The largest absolute Gasteiger partial charge is 0.352 e. The second-order valence-corrected chi connectivity index (χ2v) is 21.0. The molecule has 1 atom stereocenters. The molecule has 1 aromatic rings. The molecular formula is C60H104N4O4. The van der Waals surface area contributed by atoms with Crippen LogP contribution in [-0.4, -0.2) is 55.4 Å². The third-order valence-electron chi connectivity index (χ3n) is 12.9. The van der Waals surface area contributed by atoms with Crippen LogP contribution < -0.4 is 16.0 Å². The van der Waals surface area contributed by atoms with Crippen LogP contribution in [0.1, 0.15) is 269 Å². The molecule has 0 fully saturated rings. The first-order chi connectivity index (χ1) is 33.0. The number of ketones is 1. The Balaban J connectivity index is 2.58. The summed E-state index contributed by atoms with van der Waals surface area (Å²) in [6.45, 7) is 14.4. The van der Waals surface area contributed by atoms with Crippen LogP contribution in [0.3, 0.4) is 0 Å². The van der Waals surface area contributed by atoms with E-state index in [1.54, 1.807) is 6.21 Å². The van der Waals surface area contributed by atoms with Crippen molar-refractivity contribution >= 4 is 29.7 Å². The van der Waals surface area contributed by atoms with Gasteiger partial charge in [-0.2, -0.15) is 0 Å². The highest BCUT2D eigenvalue weighted by Gasteiger charge is 2.31. The minimum absolute atomic E-state index is 0.0685. The molecule has 0 spiro atoms. The van der Waals surface area contributed by atoms with Crippen molar-refractivity contribution in [3.63, 3.8) is 0 Å². The van der Waals surface area contributed by atoms with Gasteiger partial charge in [-0.1, -0.05) is 194 Å². The van der Waals surface area contributed by atoms with Crippen LogP contribution in [0.2, 0.25) is 0 Å². The molecule has 0 aliphatic rings. The molecule has 3 amide bonds. The Morgan fingerprint density at radius 3 is 1.57 bits per heavy atom. The van der Waals surface area contributed by atoms with Gasteiger partial charge in [0.25, 0.3) is 5.91 Å². The molecule has 8 nitrogen and oxygen atoms in total. The number of carbonyl (C=O) groups is 4. The third-order valence-corrected chi connectivity index (χ3v) is 12.9. The molecule has 388 valence electrons. The van der Waals surface area contributed by atoms with Crippen molar-refractivity contribution in [2.75, 3.05) is 19.6 Å². The van der Waals surface area contributed by atoms with Crippen molar-refractivity contribution < 1.29 is 19.2 Å². The molecule has 0 aromatic heterocycles. The van der Waals surface area contributed by atoms with Crippen LogP contribution in [0.15, 0.2) is 53.6 Å². The molecule has 0 aliphatic carbocycles. The van der Waals surface area contributed by atoms with Crippen molar-refractivity contribution in [1.29, 1.82) is 0 Å². The van der Waals surface area contributed by atoms with E-state index in [0.717, 1.165) is 76.2 Å². The molecule has 3 N–H and O–H groups in total. The minimum Gasteiger partial charge on any atom is -0.352 e. The van der Waals surface area contributed by atoms with Crippen LogP contribution in [0, 0.1) is 11.3 Å². The number of nitrogens with zero attached hydrogens (tertiary/aromatic N) is 1. The summed E-state index contributed by atoms with van der Waals surface area (Å²) in [4.78, 5) is 57.2. The third kappa shape index (κ3) is 38.3. The molecule has 1 rings (SSSR count). The molecule has 0 bridgehead atoms. The lowest BCUT2D eigenvalue weighted by Gasteiger charge is -2.29. The summed E-state index contributed by atoms with van der Waals surface area (Å²) in [5, 5.41) is 9.06. The van der Waals surface area contributed by atoms with Gasteiger partial charge in [-0.15, -0.1) is 0 Å².